The summed E-state index contributed by atoms with van der Waals surface area (Å²) in [6.45, 7) is 2.96. The van der Waals surface area contributed by atoms with Crippen LogP contribution < -0.4 is 0 Å². The van der Waals surface area contributed by atoms with Gasteiger partial charge in [0.2, 0.25) is 0 Å². The van der Waals surface area contributed by atoms with E-state index in [-0.39, 0.29) is 0 Å². The smallest absolute Gasteiger partial charge is 0.0528 e. The topological polar surface area (TPSA) is 9.23 Å². The molecule has 1 nitrogen and oxygen atoms in total. The Bertz CT molecular complexity index is 193. The monoisotopic (exact) mass is 150 g/mol. The molecule has 0 aromatic heterocycles. The second-order valence-electron chi connectivity index (χ2n) is 2.77. The lowest BCUT2D eigenvalue weighted by Gasteiger charge is -2.09. The van der Waals surface area contributed by atoms with Crippen LogP contribution in [0.1, 0.15) is 18.4 Å². The maximum Gasteiger partial charge on any atom is 0.0528 e. The van der Waals surface area contributed by atoms with Gasteiger partial charge in [-0.3, -0.25) is 0 Å². The van der Waals surface area contributed by atoms with E-state index in [1.165, 1.54) is 5.56 Å². The molecule has 0 bridgehead atoms. The van der Waals surface area contributed by atoms with Gasteiger partial charge < -0.3 is 4.74 Å². The van der Waals surface area contributed by atoms with Gasteiger partial charge in [-0.25, -0.2) is 0 Å². The van der Waals surface area contributed by atoms with Crippen molar-refractivity contribution >= 4 is 0 Å². The second-order valence-corrected chi connectivity index (χ2v) is 2.77. The SMILES string of the molecule is COC[C@H](C)c1ccccc1. The molecule has 0 radical (unpaired) electrons. The number of hydrogen-bond donors (Lipinski definition) is 0. The molecule has 1 rings (SSSR count). The Kier molecular flexibility index (Phi) is 3.12. The zero-order valence-electron chi connectivity index (χ0n) is 7.08. The zero-order chi connectivity index (χ0) is 8.10. The molecule has 0 heterocycles. The van der Waals surface area contributed by atoms with E-state index < -0.39 is 0 Å². The molecule has 0 N–H and O–H groups in total. The van der Waals surface area contributed by atoms with E-state index in [1.54, 1.807) is 7.11 Å². The molecule has 0 amide bonds. The summed E-state index contributed by atoms with van der Waals surface area (Å²) in [6, 6.07) is 10.4. The molecule has 1 atom stereocenters. The van der Waals surface area contributed by atoms with Crippen LogP contribution >= 0.6 is 0 Å². The molecule has 0 unspecified atom stereocenters. The quantitative estimate of drug-likeness (QED) is 0.643. The molecule has 0 aliphatic rings. The summed E-state index contributed by atoms with van der Waals surface area (Å²) < 4.78 is 5.06. The molecular formula is C10H14O. The lowest BCUT2D eigenvalue weighted by Crippen LogP contribution is -2.00. The summed E-state index contributed by atoms with van der Waals surface area (Å²) in [7, 11) is 1.74. The summed E-state index contributed by atoms with van der Waals surface area (Å²) in [5.74, 6) is 0.501. The molecule has 1 aromatic carbocycles. The Hall–Kier alpha value is -0.820. The van der Waals surface area contributed by atoms with Gasteiger partial charge in [0.25, 0.3) is 0 Å². The second kappa shape index (κ2) is 4.14. The first-order valence-electron chi connectivity index (χ1n) is 3.88. The molecule has 0 aliphatic carbocycles. The number of hydrogen-bond acceptors (Lipinski definition) is 1. The van der Waals surface area contributed by atoms with Gasteiger partial charge in [0.1, 0.15) is 0 Å². The van der Waals surface area contributed by atoms with Gasteiger partial charge >= 0.3 is 0 Å². The molecule has 11 heavy (non-hydrogen) atoms. The van der Waals surface area contributed by atoms with Crippen LogP contribution in [0, 0.1) is 0 Å². The molecule has 60 valence electrons. The first-order valence-corrected chi connectivity index (χ1v) is 3.88. The minimum atomic E-state index is 0.501. The highest BCUT2D eigenvalue weighted by molar-refractivity contribution is 5.18. The van der Waals surface area contributed by atoms with E-state index >= 15 is 0 Å². The lowest BCUT2D eigenvalue weighted by molar-refractivity contribution is 0.184. The summed E-state index contributed by atoms with van der Waals surface area (Å²) in [6.07, 6.45) is 0. The first kappa shape index (κ1) is 8.28. The van der Waals surface area contributed by atoms with Crippen LogP contribution in [0.3, 0.4) is 0 Å². The van der Waals surface area contributed by atoms with Crippen molar-refractivity contribution in [3.63, 3.8) is 0 Å². The maximum absolute atomic E-state index is 5.06. The van der Waals surface area contributed by atoms with Gasteiger partial charge in [0.15, 0.2) is 0 Å². The maximum atomic E-state index is 5.06. The third-order valence-corrected chi connectivity index (χ3v) is 1.79. The Balaban J connectivity index is 2.61. The zero-order valence-corrected chi connectivity index (χ0v) is 7.08. The molecule has 1 aromatic rings. The number of methoxy groups -OCH3 is 1. The van der Waals surface area contributed by atoms with E-state index in [1.807, 2.05) is 6.07 Å². The lowest BCUT2D eigenvalue weighted by atomic mass is 10.0. The van der Waals surface area contributed by atoms with Crippen molar-refractivity contribution < 1.29 is 4.74 Å². The first-order chi connectivity index (χ1) is 5.34. The van der Waals surface area contributed by atoms with Gasteiger partial charge in [0.05, 0.1) is 6.61 Å². The van der Waals surface area contributed by atoms with Crippen LogP contribution in [0.4, 0.5) is 0 Å². The highest BCUT2D eigenvalue weighted by atomic mass is 16.5. The minimum absolute atomic E-state index is 0.501. The standard InChI is InChI=1S/C10H14O/c1-9(8-11-2)10-6-4-3-5-7-10/h3-7,9H,8H2,1-2H3/t9-/m0/s1. The number of ether oxygens (including phenoxy) is 1. The fourth-order valence-electron chi connectivity index (χ4n) is 1.13. The fraction of sp³-hybridized carbons (Fsp3) is 0.400. The van der Waals surface area contributed by atoms with E-state index in [0.717, 1.165) is 6.61 Å². The summed E-state index contributed by atoms with van der Waals surface area (Å²) in [5.41, 5.74) is 1.34. The third kappa shape index (κ3) is 2.35. The summed E-state index contributed by atoms with van der Waals surface area (Å²) >= 11 is 0. The van der Waals surface area contributed by atoms with Gasteiger partial charge in [0, 0.05) is 13.0 Å². The van der Waals surface area contributed by atoms with Crippen molar-refractivity contribution in [3.05, 3.63) is 35.9 Å². The van der Waals surface area contributed by atoms with Gasteiger partial charge in [-0.05, 0) is 5.56 Å². The van der Waals surface area contributed by atoms with Crippen LogP contribution in [0.5, 0.6) is 0 Å². The largest absolute Gasteiger partial charge is 0.384 e. The Morgan fingerprint density at radius 3 is 2.45 bits per heavy atom. The number of rotatable bonds is 3. The van der Waals surface area contributed by atoms with Gasteiger partial charge in [-0.2, -0.15) is 0 Å². The van der Waals surface area contributed by atoms with Crippen LogP contribution in [-0.2, 0) is 4.74 Å². The Morgan fingerprint density at radius 1 is 1.27 bits per heavy atom. The van der Waals surface area contributed by atoms with E-state index in [9.17, 15) is 0 Å². The van der Waals surface area contributed by atoms with Gasteiger partial charge in [-0.1, -0.05) is 37.3 Å². The van der Waals surface area contributed by atoms with Crippen LogP contribution in [0.2, 0.25) is 0 Å². The van der Waals surface area contributed by atoms with Crippen LogP contribution in [0.15, 0.2) is 30.3 Å². The molecule has 1 heteroatoms. The molecule has 0 fully saturated rings. The van der Waals surface area contributed by atoms with Gasteiger partial charge in [-0.15, -0.1) is 0 Å². The molecule has 0 saturated heterocycles. The van der Waals surface area contributed by atoms with Crippen molar-refractivity contribution in [3.8, 4) is 0 Å². The number of benzene rings is 1. The molecule has 0 spiro atoms. The minimum Gasteiger partial charge on any atom is -0.384 e. The predicted octanol–water partition coefficient (Wildman–Crippen LogP) is 2.44. The van der Waals surface area contributed by atoms with Crippen LogP contribution in [-0.4, -0.2) is 13.7 Å². The Morgan fingerprint density at radius 2 is 1.91 bits per heavy atom. The van der Waals surface area contributed by atoms with Crippen molar-refractivity contribution in [2.24, 2.45) is 0 Å². The van der Waals surface area contributed by atoms with Crippen molar-refractivity contribution in [1.82, 2.24) is 0 Å². The van der Waals surface area contributed by atoms with Crippen molar-refractivity contribution in [2.45, 2.75) is 12.8 Å². The molecule has 0 saturated carbocycles. The normalized spacial score (nSPS) is 12.9. The fourth-order valence-corrected chi connectivity index (χ4v) is 1.13. The average molecular weight is 150 g/mol. The highest BCUT2D eigenvalue weighted by Gasteiger charge is 2.01. The summed E-state index contributed by atoms with van der Waals surface area (Å²) in [5, 5.41) is 0. The predicted molar refractivity (Wildman–Crippen MR) is 46.7 cm³/mol. The highest BCUT2D eigenvalue weighted by Crippen LogP contribution is 2.13. The van der Waals surface area contributed by atoms with E-state index in [0.29, 0.717) is 5.92 Å². The average Bonchev–Trinajstić information content (AvgIpc) is 2.07. The van der Waals surface area contributed by atoms with Crippen molar-refractivity contribution in [2.75, 3.05) is 13.7 Å². The van der Waals surface area contributed by atoms with E-state index in [2.05, 4.69) is 31.2 Å². The Labute approximate surface area is 68.0 Å². The van der Waals surface area contributed by atoms with Crippen molar-refractivity contribution in [1.29, 1.82) is 0 Å². The van der Waals surface area contributed by atoms with E-state index in [4.69, 9.17) is 4.74 Å². The molecule has 0 aliphatic heterocycles. The molecular weight excluding hydrogens is 136 g/mol. The third-order valence-electron chi connectivity index (χ3n) is 1.79. The van der Waals surface area contributed by atoms with Crippen LogP contribution in [0.25, 0.3) is 0 Å². The summed E-state index contributed by atoms with van der Waals surface area (Å²) in [4.78, 5) is 0.